The Bertz CT molecular complexity index is 934. The van der Waals surface area contributed by atoms with E-state index in [4.69, 9.17) is 0 Å². The van der Waals surface area contributed by atoms with Crippen LogP contribution in [0.15, 0.2) is 48.9 Å². The summed E-state index contributed by atoms with van der Waals surface area (Å²) in [6.07, 6.45) is 3.71. The smallest absolute Gasteiger partial charge is 0.161 e. The Kier molecular flexibility index (Phi) is 2.94. The Labute approximate surface area is 128 Å². The van der Waals surface area contributed by atoms with Crippen molar-refractivity contribution in [3.63, 3.8) is 0 Å². The van der Waals surface area contributed by atoms with Gasteiger partial charge < -0.3 is 9.88 Å². The average molecular weight is 291 g/mol. The third-order valence-corrected chi connectivity index (χ3v) is 3.88. The summed E-state index contributed by atoms with van der Waals surface area (Å²) in [5, 5.41) is 9.50. The van der Waals surface area contributed by atoms with Crippen LogP contribution in [0.25, 0.3) is 27.8 Å². The Hall–Kier alpha value is -2.66. The number of benzene rings is 1. The highest BCUT2D eigenvalue weighted by atomic mass is 15.2. The molecule has 5 nitrogen and oxygen atoms in total. The fourth-order valence-corrected chi connectivity index (χ4v) is 2.91. The van der Waals surface area contributed by atoms with Gasteiger partial charge in [0.2, 0.25) is 0 Å². The minimum Gasteiger partial charge on any atom is -0.361 e. The van der Waals surface area contributed by atoms with Crippen molar-refractivity contribution in [3.8, 4) is 11.3 Å². The lowest BCUT2D eigenvalue weighted by molar-refractivity contribution is 0.404. The molecule has 0 amide bonds. The maximum absolute atomic E-state index is 4.22. The maximum atomic E-state index is 4.22. The largest absolute Gasteiger partial charge is 0.361 e. The Morgan fingerprint density at radius 3 is 2.86 bits per heavy atom. The van der Waals surface area contributed by atoms with Gasteiger partial charge in [-0.25, -0.2) is 0 Å². The van der Waals surface area contributed by atoms with Crippen molar-refractivity contribution in [3.05, 3.63) is 54.5 Å². The van der Waals surface area contributed by atoms with Gasteiger partial charge in [0.1, 0.15) is 6.33 Å². The number of pyridine rings is 1. The summed E-state index contributed by atoms with van der Waals surface area (Å²) in [5.41, 5.74) is 5.55. The van der Waals surface area contributed by atoms with Crippen LogP contribution in [0.5, 0.6) is 0 Å². The monoisotopic (exact) mass is 291 g/mol. The van der Waals surface area contributed by atoms with Gasteiger partial charge in [0.25, 0.3) is 0 Å². The topological polar surface area (TPSA) is 49.2 Å². The molecule has 3 aromatic heterocycles. The first-order valence-corrected chi connectivity index (χ1v) is 7.26. The van der Waals surface area contributed by atoms with Gasteiger partial charge in [0.15, 0.2) is 5.65 Å². The van der Waals surface area contributed by atoms with Crippen molar-refractivity contribution in [1.82, 2.24) is 24.5 Å². The van der Waals surface area contributed by atoms with Gasteiger partial charge in [-0.3, -0.25) is 4.40 Å². The van der Waals surface area contributed by atoms with Crippen LogP contribution >= 0.6 is 0 Å². The molecular formula is C17H17N5. The number of fused-ring (bicyclic) bond motifs is 3. The van der Waals surface area contributed by atoms with E-state index in [9.17, 15) is 0 Å². The van der Waals surface area contributed by atoms with E-state index in [1.165, 1.54) is 10.9 Å². The minimum absolute atomic E-state index is 0.877. The van der Waals surface area contributed by atoms with Crippen LogP contribution in [0.1, 0.15) is 5.56 Å². The molecule has 3 heterocycles. The van der Waals surface area contributed by atoms with Crippen molar-refractivity contribution in [2.75, 3.05) is 14.1 Å². The van der Waals surface area contributed by atoms with Crippen LogP contribution in [0.4, 0.5) is 0 Å². The molecule has 4 aromatic rings. The van der Waals surface area contributed by atoms with Gasteiger partial charge in [-0.05, 0) is 43.9 Å². The third-order valence-electron chi connectivity index (χ3n) is 3.88. The number of hydrogen-bond acceptors (Lipinski definition) is 3. The van der Waals surface area contributed by atoms with Gasteiger partial charge in [0.05, 0.1) is 5.52 Å². The summed E-state index contributed by atoms with van der Waals surface area (Å²) in [7, 11) is 4.15. The van der Waals surface area contributed by atoms with Crippen molar-refractivity contribution in [2.45, 2.75) is 6.54 Å². The molecule has 1 N–H and O–H groups in total. The summed E-state index contributed by atoms with van der Waals surface area (Å²) >= 11 is 0. The first-order chi connectivity index (χ1) is 10.7. The normalized spacial score (nSPS) is 11.8. The van der Waals surface area contributed by atoms with E-state index < -0.39 is 0 Å². The molecular weight excluding hydrogens is 274 g/mol. The van der Waals surface area contributed by atoms with Gasteiger partial charge in [0, 0.05) is 29.4 Å². The van der Waals surface area contributed by atoms with Crippen molar-refractivity contribution >= 4 is 16.6 Å². The van der Waals surface area contributed by atoms with Gasteiger partial charge >= 0.3 is 0 Å². The quantitative estimate of drug-likeness (QED) is 0.631. The number of hydrogen-bond donors (Lipinski definition) is 1. The zero-order valence-corrected chi connectivity index (χ0v) is 12.6. The molecule has 0 radical (unpaired) electrons. The standard InChI is InChI=1S/C17H17N5/c1-21(2)10-13-9-17-20-19-11-22(17)16-8-12(5-6-14(13)16)15-4-3-7-18-15/h3-9,11,18H,10H2,1-2H3. The summed E-state index contributed by atoms with van der Waals surface area (Å²) in [5.74, 6) is 0. The molecule has 0 atom stereocenters. The predicted octanol–water partition coefficient (Wildman–Crippen LogP) is 2.94. The molecule has 4 rings (SSSR count). The van der Waals surface area contributed by atoms with E-state index in [0.717, 1.165) is 29.0 Å². The Balaban J connectivity index is 2.01. The molecule has 0 saturated carbocycles. The minimum atomic E-state index is 0.877. The van der Waals surface area contributed by atoms with Crippen LogP contribution in [-0.2, 0) is 6.54 Å². The molecule has 0 fully saturated rings. The lowest BCUT2D eigenvalue weighted by Crippen LogP contribution is -2.11. The van der Waals surface area contributed by atoms with Crippen LogP contribution in [0, 0.1) is 0 Å². The van der Waals surface area contributed by atoms with E-state index >= 15 is 0 Å². The summed E-state index contributed by atoms with van der Waals surface area (Å²) < 4.78 is 2.04. The number of rotatable bonds is 3. The highest BCUT2D eigenvalue weighted by Gasteiger charge is 2.10. The maximum Gasteiger partial charge on any atom is 0.161 e. The summed E-state index contributed by atoms with van der Waals surface area (Å²) in [6.45, 7) is 0.877. The fraction of sp³-hybridized carbons (Fsp3) is 0.176. The lowest BCUT2D eigenvalue weighted by atomic mass is 10.0. The number of aromatic amines is 1. The molecule has 110 valence electrons. The Morgan fingerprint density at radius 2 is 2.09 bits per heavy atom. The van der Waals surface area contributed by atoms with E-state index in [2.05, 4.69) is 64.5 Å². The second-order valence-corrected chi connectivity index (χ2v) is 5.78. The van der Waals surface area contributed by atoms with E-state index in [1.807, 2.05) is 16.7 Å². The SMILES string of the molecule is CN(C)Cc1cc2nncn2c2cc(-c3ccc[nH]3)ccc12. The van der Waals surface area contributed by atoms with Crippen LogP contribution < -0.4 is 0 Å². The summed E-state index contributed by atoms with van der Waals surface area (Å²) in [4.78, 5) is 5.43. The van der Waals surface area contributed by atoms with E-state index in [-0.39, 0.29) is 0 Å². The number of nitrogens with zero attached hydrogens (tertiary/aromatic N) is 4. The first-order valence-electron chi connectivity index (χ1n) is 7.26. The van der Waals surface area contributed by atoms with E-state index in [0.29, 0.717) is 0 Å². The third kappa shape index (κ3) is 2.07. The number of H-pyrrole nitrogens is 1. The molecule has 5 heteroatoms. The molecule has 1 aromatic carbocycles. The molecule has 0 aliphatic rings. The van der Waals surface area contributed by atoms with Crippen LogP contribution in [-0.4, -0.2) is 38.6 Å². The number of nitrogens with one attached hydrogen (secondary N) is 1. The predicted molar refractivity (Wildman–Crippen MR) is 87.7 cm³/mol. The lowest BCUT2D eigenvalue weighted by Gasteiger charge is -2.14. The molecule has 0 spiro atoms. The summed E-state index contributed by atoms with van der Waals surface area (Å²) in [6, 6.07) is 12.7. The second-order valence-electron chi connectivity index (χ2n) is 5.78. The second kappa shape index (κ2) is 4.96. The van der Waals surface area contributed by atoms with Gasteiger partial charge in [-0.2, -0.15) is 0 Å². The van der Waals surface area contributed by atoms with Crippen LogP contribution in [0.3, 0.4) is 0 Å². The van der Waals surface area contributed by atoms with Gasteiger partial charge in [-0.1, -0.05) is 12.1 Å². The first kappa shape index (κ1) is 13.0. The van der Waals surface area contributed by atoms with Crippen molar-refractivity contribution in [1.29, 1.82) is 0 Å². The molecule has 0 aliphatic carbocycles. The van der Waals surface area contributed by atoms with Crippen molar-refractivity contribution in [2.24, 2.45) is 0 Å². The Morgan fingerprint density at radius 1 is 1.18 bits per heavy atom. The molecule has 0 aliphatic heterocycles. The zero-order valence-electron chi connectivity index (χ0n) is 12.6. The molecule has 0 saturated heterocycles. The van der Waals surface area contributed by atoms with Crippen LogP contribution in [0.2, 0.25) is 0 Å². The average Bonchev–Trinajstić information content (AvgIpc) is 3.17. The van der Waals surface area contributed by atoms with Gasteiger partial charge in [-0.15, -0.1) is 10.2 Å². The number of aromatic nitrogens is 4. The van der Waals surface area contributed by atoms with E-state index in [1.54, 1.807) is 6.33 Å². The zero-order chi connectivity index (χ0) is 15.1. The molecule has 22 heavy (non-hydrogen) atoms. The molecule has 0 bridgehead atoms. The highest BCUT2D eigenvalue weighted by Crippen LogP contribution is 2.27. The molecule has 0 unspecified atom stereocenters. The highest BCUT2D eigenvalue weighted by molar-refractivity contribution is 5.89. The fourth-order valence-electron chi connectivity index (χ4n) is 2.91. The van der Waals surface area contributed by atoms with Crippen molar-refractivity contribution < 1.29 is 0 Å².